The zero-order valence-corrected chi connectivity index (χ0v) is 15.6. The third-order valence-corrected chi connectivity index (χ3v) is 4.99. The second-order valence-corrected chi connectivity index (χ2v) is 7.25. The Hall–Kier alpha value is -1.64. The molecule has 2 aromatic rings. The maximum absolute atomic E-state index is 12.8. The van der Waals surface area contributed by atoms with Crippen molar-refractivity contribution in [3.8, 4) is 0 Å². The van der Waals surface area contributed by atoms with Gasteiger partial charge in [0, 0.05) is 29.1 Å². The van der Waals surface area contributed by atoms with Crippen molar-refractivity contribution < 1.29 is 14.0 Å². The summed E-state index contributed by atoms with van der Waals surface area (Å²) in [6.45, 7) is 0. The number of carbonyl (C=O) groups excluding carboxylic acids is 2. The van der Waals surface area contributed by atoms with Gasteiger partial charge in [0.2, 0.25) is 11.8 Å². The number of amides is 2. The first-order valence-corrected chi connectivity index (χ1v) is 10.1. The molecule has 1 aromatic carbocycles. The van der Waals surface area contributed by atoms with Crippen LogP contribution in [0, 0.1) is 5.82 Å². The summed E-state index contributed by atoms with van der Waals surface area (Å²) in [5, 5.41) is 7.81. The smallest absolute Gasteiger partial charge is 0.234 e. The first-order valence-electron chi connectivity index (χ1n) is 7.50. The van der Waals surface area contributed by atoms with E-state index in [1.165, 1.54) is 47.4 Å². The Labute approximate surface area is 158 Å². The highest BCUT2D eigenvalue weighted by molar-refractivity contribution is 7.99. The van der Waals surface area contributed by atoms with E-state index >= 15 is 0 Å². The number of alkyl halides is 1. The molecule has 0 saturated heterocycles. The monoisotopic (exact) mass is 401 g/mol. The molecule has 0 atom stereocenters. The molecule has 9 heteroatoms. The Morgan fingerprint density at radius 2 is 1.96 bits per heavy atom. The van der Waals surface area contributed by atoms with E-state index in [9.17, 15) is 14.0 Å². The molecule has 0 aliphatic carbocycles. The normalized spacial score (nSPS) is 10.5. The summed E-state index contributed by atoms with van der Waals surface area (Å²) in [5.41, 5.74) is 1.36. The van der Waals surface area contributed by atoms with Crippen molar-refractivity contribution in [3.05, 3.63) is 41.2 Å². The fourth-order valence-electron chi connectivity index (χ4n) is 1.82. The first-order chi connectivity index (χ1) is 12.1. The van der Waals surface area contributed by atoms with Crippen LogP contribution in [-0.4, -0.2) is 28.4 Å². The van der Waals surface area contributed by atoms with Gasteiger partial charge in [-0.3, -0.25) is 9.59 Å². The molecule has 25 heavy (non-hydrogen) atoms. The van der Waals surface area contributed by atoms with Crippen molar-refractivity contribution in [3.63, 3.8) is 0 Å². The molecule has 134 valence electrons. The summed E-state index contributed by atoms with van der Waals surface area (Å²) in [7, 11) is 0. The number of thioether (sulfide) groups is 1. The zero-order chi connectivity index (χ0) is 18.1. The van der Waals surface area contributed by atoms with Crippen LogP contribution in [0.15, 0.2) is 29.6 Å². The summed E-state index contributed by atoms with van der Waals surface area (Å²) in [6.07, 6.45) is 1.00. The Kier molecular flexibility index (Phi) is 8.17. The highest BCUT2D eigenvalue weighted by atomic mass is 35.5. The third kappa shape index (κ3) is 7.41. The van der Waals surface area contributed by atoms with Crippen LogP contribution < -0.4 is 10.6 Å². The van der Waals surface area contributed by atoms with E-state index < -0.39 is 0 Å². The Morgan fingerprint density at radius 3 is 2.68 bits per heavy atom. The van der Waals surface area contributed by atoms with Crippen LogP contribution in [0.1, 0.15) is 18.5 Å². The van der Waals surface area contributed by atoms with E-state index in [1.54, 1.807) is 0 Å². The van der Waals surface area contributed by atoms with Crippen molar-refractivity contribution in [1.82, 2.24) is 4.98 Å². The van der Waals surface area contributed by atoms with E-state index in [0.717, 1.165) is 5.69 Å². The summed E-state index contributed by atoms with van der Waals surface area (Å²) in [5.74, 6) is 0.653. The number of nitrogens with one attached hydrogen (secondary N) is 2. The molecule has 1 heterocycles. The van der Waals surface area contributed by atoms with Crippen LogP contribution in [0.5, 0.6) is 0 Å². The lowest BCUT2D eigenvalue weighted by atomic mass is 10.3. The van der Waals surface area contributed by atoms with Gasteiger partial charge in [-0.15, -0.1) is 34.7 Å². The average Bonchev–Trinajstić information content (AvgIpc) is 3.02. The number of benzene rings is 1. The Bertz CT molecular complexity index is 710. The van der Waals surface area contributed by atoms with Gasteiger partial charge in [0.05, 0.1) is 11.4 Å². The zero-order valence-electron chi connectivity index (χ0n) is 13.3. The summed E-state index contributed by atoms with van der Waals surface area (Å²) in [4.78, 5) is 27.7. The minimum absolute atomic E-state index is 0.104. The average molecular weight is 402 g/mol. The molecule has 0 aliphatic heterocycles. The van der Waals surface area contributed by atoms with E-state index in [0.29, 0.717) is 35.3 Å². The van der Waals surface area contributed by atoms with Crippen LogP contribution in [0.4, 0.5) is 15.2 Å². The minimum Gasteiger partial charge on any atom is -0.325 e. The fraction of sp³-hybridized carbons (Fsp3) is 0.312. The molecular weight excluding hydrogens is 385 g/mol. The lowest BCUT2D eigenvalue weighted by Crippen LogP contribution is -2.14. The van der Waals surface area contributed by atoms with E-state index in [1.807, 2.05) is 5.38 Å². The molecule has 2 N–H and O–H groups in total. The number of anilines is 2. The number of aromatic nitrogens is 1. The van der Waals surface area contributed by atoms with Crippen molar-refractivity contribution >= 4 is 57.3 Å². The lowest BCUT2D eigenvalue weighted by molar-refractivity contribution is -0.116. The highest BCUT2D eigenvalue weighted by Gasteiger charge is 2.08. The second kappa shape index (κ2) is 10.4. The van der Waals surface area contributed by atoms with Gasteiger partial charge in [-0.25, -0.2) is 9.37 Å². The van der Waals surface area contributed by atoms with Crippen LogP contribution >= 0.6 is 34.7 Å². The lowest BCUT2D eigenvalue weighted by Gasteiger charge is -2.04. The number of hydrogen-bond acceptors (Lipinski definition) is 5. The highest BCUT2D eigenvalue weighted by Crippen LogP contribution is 2.20. The van der Waals surface area contributed by atoms with Crippen LogP contribution in [0.3, 0.4) is 0 Å². The third-order valence-electron chi connectivity index (χ3n) is 2.95. The fourth-order valence-corrected chi connectivity index (χ4v) is 3.50. The van der Waals surface area contributed by atoms with E-state index in [4.69, 9.17) is 11.6 Å². The van der Waals surface area contributed by atoms with Crippen LogP contribution in [0.25, 0.3) is 0 Å². The van der Waals surface area contributed by atoms with Gasteiger partial charge < -0.3 is 10.6 Å². The van der Waals surface area contributed by atoms with Gasteiger partial charge in [-0.1, -0.05) is 0 Å². The van der Waals surface area contributed by atoms with Crippen molar-refractivity contribution in [2.24, 2.45) is 0 Å². The number of nitrogens with zero attached hydrogens (tertiary/aromatic N) is 1. The second-order valence-electron chi connectivity index (χ2n) is 5.03. The van der Waals surface area contributed by atoms with Crippen LogP contribution in [-0.2, 0) is 15.3 Å². The maximum atomic E-state index is 12.8. The summed E-state index contributed by atoms with van der Waals surface area (Å²) < 4.78 is 12.8. The molecule has 2 amide bonds. The van der Waals surface area contributed by atoms with Crippen LogP contribution in [0.2, 0.25) is 0 Å². The predicted octanol–water partition coefficient (Wildman–Crippen LogP) is 4.11. The first kappa shape index (κ1) is 19.7. The molecule has 2 rings (SSSR count). The molecule has 1 aromatic heterocycles. The number of rotatable bonds is 9. The maximum Gasteiger partial charge on any atom is 0.234 e. The van der Waals surface area contributed by atoms with Gasteiger partial charge in [0.15, 0.2) is 5.13 Å². The van der Waals surface area contributed by atoms with Crippen molar-refractivity contribution in [2.75, 3.05) is 22.3 Å². The van der Waals surface area contributed by atoms with Gasteiger partial charge in [-0.2, -0.15) is 0 Å². The standard InChI is InChI=1S/C16H17ClFN3O2S2/c17-7-1-2-14(22)21-16-20-13(9-25-16)8-24-10-15(23)19-12-5-3-11(18)4-6-12/h3-6,9H,1-2,7-8,10H2,(H,19,23)(H,20,21,22). The minimum atomic E-state index is -0.346. The number of hydrogen-bond donors (Lipinski definition) is 2. The van der Waals surface area contributed by atoms with E-state index in [2.05, 4.69) is 15.6 Å². The summed E-state index contributed by atoms with van der Waals surface area (Å²) in [6, 6.07) is 5.61. The molecule has 0 fully saturated rings. The van der Waals surface area contributed by atoms with Gasteiger partial charge in [0.25, 0.3) is 0 Å². The molecule has 0 bridgehead atoms. The summed E-state index contributed by atoms with van der Waals surface area (Å²) >= 11 is 8.31. The van der Waals surface area contributed by atoms with Crippen molar-refractivity contribution in [2.45, 2.75) is 18.6 Å². The van der Waals surface area contributed by atoms with E-state index in [-0.39, 0.29) is 23.4 Å². The van der Waals surface area contributed by atoms with Gasteiger partial charge >= 0.3 is 0 Å². The molecule has 0 saturated carbocycles. The Balaban J connectivity index is 1.70. The quantitative estimate of drug-likeness (QED) is 0.620. The molecule has 5 nitrogen and oxygen atoms in total. The van der Waals surface area contributed by atoms with Crippen molar-refractivity contribution in [1.29, 1.82) is 0 Å². The number of thiazole rings is 1. The molecule has 0 radical (unpaired) electrons. The molecular formula is C16H17ClFN3O2S2. The molecule has 0 unspecified atom stereocenters. The van der Waals surface area contributed by atoms with Gasteiger partial charge in [-0.05, 0) is 30.7 Å². The number of halogens is 2. The number of carbonyl (C=O) groups is 2. The topological polar surface area (TPSA) is 71.1 Å². The molecule has 0 spiro atoms. The molecule has 0 aliphatic rings. The predicted molar refractivity (Wildman–Crippen MR) is 102 cm³/mol. The largest absolute Gasteiger partial charge is 0.325 e. The SMILES string of the molecule is O=C(CSCc1csc(NC(=O)CCCCl)n1)Nc1ccc(F)cc1. The Morgan fingerprint density at radius 1 is 1.20 bits per heavy atom. The van der Waals surface area contributed by atoms with Gasteiger partial charge in [0.1, 0.15) is 5.82 Å².